The fourth-order valence-electron chi connectivity index (χ4n) is 2.41. The summed E-state index contributed by atoms with van der Waals surface area (Å²) in [5.74, 6) is 0.0487. The van der Waals surface area contributed by atoms with E-state index in [1.807, 2.05) is 19.9 Å². The van der Waals surface area contributed by atoms with Crippen molar-refractivity contribution in [3.63, 3.8) is 0 Å². The summed E-state index contributed by atoms with van der Waals surface area (Å²) in [6.07, 6.45) is -0.865. The van der Waals surface area contributed by atoms with Crippen molar-refractivity contribution in [3.8, 4) is 11.5 Å². The lowest BCUT2D eigenvalue weighted by Gasteiger charge is -2.15. The molecule has 144 valence electrons. The number of carbonyl (C=O) groups is 2. The van der Waals surface area contributed by atoms with E-state index in [0.29, 0.717) is 22.2 Å². The summed E-state index contributed by atoms with van der Waals surface area (Å²) in [7, 11) is 1.56. The molecule has 0 aliphatic carbocycles. The van der Waals surface area contributed by atoms with Crippen LogP contribution in [0.25, 0.3) is 0 Å². The summed E-state index contributed by atoms with van der Waals surface area (Å²) in [6, 6.07) is 10.4. The number of nitrogens with one attached hydrogen (secondary N) is 1. The summed E-state index contributed by atoms with van der Waals surface area (Å²) in [5.41, 5.74) is 2.33. The molecule has 27 heavy (non-hydrogen) atoms. The molecule has 0 aliphatic rings. The van der Waals surface area contributed by atoms with Gasteiger partial charge in [-0.2, -0.15) is 0 Å². The summed E-state index contributed by atoms with van der Waals surface area (Å²) < 4.78 is 15.6. The number of esters is 1. The number of hydrogen-bond donors (Lipinski definition) is 1. The molecule has 2 aromatic rings. The van der Waals surface area contributed by atoms with Gasteiger partial charge in [0, 0.05) is 0 Å². The standard InChI is InChI=1S/C20H22ClNO5/c1-12-9-13(2)19(17(21)10-12)22-18(23)11-26-20(24)14(3)27-16-7-5-15(25-4)6-8-16/h5-10,14H,11H2,1-4H3,(H,22,23). The first-order chi connectivity index (χ1) is 12.8. The third-order valence-corrected chi connectivity index (χ3v) is 4.04. The minimum absolute atomic E-state index is 0.432. The minimum Gasteiger partial charge on any atom is -0.497 e. The lowest BCUT2D eigenvalue weighted by Crippen LogP contribution is -2.29. The third kappa shape index (κ3) is 5.89. The first kappa shape index (κ1) is 20.6. The molecule has 0 heterocycles. The largest absolute Gasteiger partial charge is 0.497 e. The zero-order valence-electron chi connectivity index (χ0n) is 15.7. The quantitative estimate of drug-likeness (QED) is 0.724. The topological polar surface area (TPSA) is 73.9 Å². The second-order valence-electron chi connectivity index (χ2n) is 6.03. The van der Waals surface area contributed by atoms with E-state index in [2.05, 4.69) is 5.32 Å². The van der Waals surface area contributed by atoms with Crippen molar-refractivity contribution >= 4 is 29.2 Å². The number of aryl methyl sites for hydroxylation is 2. The van der Waals surface area contributed by atoms with Gasteiger partial charge in [0.15, 0.2) is 12.7 Å². The van der Waals surface area contributed by atoms with Crippen LogP contribution in [0.2, 0.25) is 5.02 Å². The molecule has 1 atom stereocenters. The highest BCUT2D eigenvalue weighted by Gasteiger charge is 2.18. The second kappa shape index (κ2) is 9.28. The zero-order chi connectivity index (χ0) is 20.0. The van der Waals surface area contributed by atoms with Crippen molar-refractivity contribution in [2.45, 2.75) is 26.9 Å². The highest BCUT2D eigenvalue weighted by atomic mass is 35.5. The van der Waals surface area contributed by atoms with E-state index in [1.54, 1.807) is 44.4 Å². The molecule has 1 unspecified atom stereocenters. The predicted octanol–water partition coefficient (Wildman–Crippen LogP) is 3.91. The van der Waals surface area contributed by atoms with E-state index < -0.39 is 24.6 Å². The molecule has 6 nitrogen and oxygen atoms in total. The van der Waals surface area contributed by atoms with Gasteiger partial charge in [0.05, 0.1) is 17.8 Å². The predicted molar refractivity (Wildman–Crippen MR) is 104 cm³/mol. The molecule has 0 bridgehead atoms. The smallest absolute Gasteiger partial charge is 0.347 e. The lowest BCUT2D eigenvalue weighted by atomic mass is 10.1. The molecule has 0 aliphatic heterocycles. The number of methoxy groups -OCH3 is 1. The normalized spacial score (nSPS) is 11.4. The lowest BCUT2D eigenvalue weighted by molar-refractivity contribution is -0.153. The summed E-state index contributed by atoms with van der Waals surface area (Å²) >= 11 is 6.15. The number of carbonyl (C=O) groups excluding carboxylic acids is 2. The van der Waals surface area contributed by atoms with Gasteiger partial charge in [-0.15, -0.1) is 0 Å². The second-order valence-corrected chi connectivity index (χ2v) is 6.44. The van der Waals surface area contributed by atoms with E-state index in [4.69, 9.17) is 25.8 Å². The number of anilines is 1. The maximum absolute atomic E-state index is 12.1. The Morgan fingerprint density at radius 1 is 1.11 bits per heavy atom. The first-order valence-corrected chi connectivity index (χ1v) is 8.72. The molecule has 0 aromatic heterocycles. The zero-order valence-corrected chi connectivity index (χ0v) is 16.4. The van der Waals surface area contributed by atoms with Crippen molar-refractivity contribution in [1.29, 1.82) is 0 Å². The van der Waals surface area contributed by atoms with E-state index >= 15 is 0 Å². The fourth-order valence-corrected chi connectivity index (χ4v) is 2.78. The number of benzene rings is 2. The highest BCUT2D eigenvalue weighted by molar-refractivity contribution is 6.34. The Balaban J connectivity index is 1.86. The van der Waals surface area contributed by atoms with Gasteiger partial charge in [0.1, 0.15) is 11.5 Å². The van der Waals surface area contributed by atoms with Gasteiger partial charge >= 0.3 is 5.97 Å². The summed E-state index contributed by atoms with van der Waals surface area (Å²) in [4.78, 5) is 24.1. The maximum atomic E-state index is 12.1. The molecular weight excluding hydrogens is 370 g/mol. The molecule has 7 heteroatoms. The fraction of sp³-hybridized carbons (Fsp3) is 0.300. The van der Waals surface area contributed by atoms with Gasteiger partial charge in [-0.1, -0.05) is 17.7 Å². The molecule has 0 saturated heterocycles. The van der Waals surface area contributed by atoms with Crippen LogP contribution in [0.1, 0.15) is 18.1 Å². The molecule has 1 N–H and O–H groups in total. The molecule has 0 spiro atoms. The van der Waals surface area contributed by atoms with Crippen molar-refractivity contribution in [2.24, 2.45) is 0 Å². The number of halogens is 1. The number of hydrogen-bond acceptors (Lipinski definition) is 5. The molecule has 1 amide bonds. The monoisotopic (exact) mass is 391 g/mol. The summed E-state index contributed by atoms with van der Waals surface area (Å²) in [6.45, 7) is 4.87. The number of ether oxygens (including phenoxy) is 3. The third-order valence-electron chi connectivity index (χ3n) is 3.75. The van der Waals surface area contributed by atoms with Crippen LogP contribution in [0.3, 0.4) is 0 Å². The Morgan fingerprint density at radius 2 is 1.74 bits per heavy atom. The molecule has 0 fully saturated rings. The Bertz CT molecular complexity index is 797. The Hall–Kier alpha value is -2.73. The van der Waals surface area contributed by atoms with E-state index in [9.17, 15) is 9.59 Å². The van der Waals surface area contributed by atoms with Crippen LogP contribution in [-0.4, -0.2) is 31.7 Å². The van der Waals surface area contributed by atoms with Gasteiger partial charge in [-0.3, -0.25) is 4.79 Å². The van der Waals surface area contributed by atoms with Crippen LogP contribution in [0.5, 0.6) is 11.5 Å². The van der Waals surface area contributed by atoms with Crippen molar-refractivity contribution < 1.29 is 23.8 Å². The maximum Gasteiger partial charge on any atom is 0.347 e. The van der Waals surface area contributed by atoms with Crippen LogP contribution in [0.4, 0.5) is 5.69 Å². The van der Waals surface area contributed by atoms with E-state index in [1.165, 1.54) is 0 Å². The van der Waals surface area contributed by atoms with Gasteiger partial charge in [0.25, 0.3) is 5.91 Å². The van der Waals surface area contributed by atoms with Crippen molar-refractivity contribution in [2.75, 3.05) is 19.0 Å². The van der Waals surface area contributed by atoms with Gasteiger partial charge in [-0.25, -0.2) is 4.79 Å². The van der Waals surface area contributed by atoms with Gasteiger partial charge in [-0.05, 0) is 62.2 Å². The van der Waals surface area contributed by atoms with E-state index in [-0.39, 0.29) is 0 Å². The van der Waals surface area contributed by atoms with Crippen LogP contribution in [0, 0.1) is 13.8 Å². The van der Waals surface area contributed by atoms with Crippen LogP contribution < -0.4 is 14.8 Å². The van der Waals surface area contributed by atoms with Crippen LogP contribution >= 0.6 is 11.6 Å². The minimum atomic E-state index is -0.865. The number of amides is 1. The summed E-state index contributed by atoms with van der Waals surface area (Å²) in [5, 5.41) is 3.09. The average Bonchev–Trinajstić information content (AvgIpc) is 2.63. The number of rotatable bonds is 7. The van der Waals surface area contributed by atoms with Crippen LogP contribution in [-0.2, 0) is 14.3 Å². The van der Waals surface area contributed by atoms with Crippen LogP contribution in [0.15, 0.2) is 36.4 Å². The molecule has 0 saturated carbocycles. The SMILES string of the molecule is COc1ccc(OC(C)C(=O)OCC(=O)Nc2c(C)cc(C)cc2Cl)cc1. The average molecular weight is 392 g/mol. The van der Waals surface area contributed by atoms with Gasteiger partial charge in [0.2, 0.25) is 0 Å². The Morgan fingerprint density at radius 3 is 2.33 bits per heavy atom. The molecule has 2 aromatic carbocycles. The first-order valence-electron chi connectivity index (χ1n) is 8.34. The Kier molecular flexibility index (Phi) is 7.07. The van der Waals surface area contributed by atoms with Gasteiger partial charge < -0.3 is 19.5 Å². The molecular formula is C20H22ClNO5. The molecule has 2 rings (SSSR count). The molecule has 0 radical (unpaired) electrons. The Labute approximate surface area is 163 Å². The van der Waals surface area contributed by atoms with Crippen molar-refractivity contribution in [1.82, 2.24) is 0 Å². The van der Waals surface area contributed by atoms with Crippen molar-refractivity contribution in [3.05, 3.63) is 52.5 Å². The van der Waals surface area contributed by atoms with E-state index in [0.717, 1.165) is 11.1 Å². The highest BCUT2D eigenvalue weighted by Crippen LogP contribution is 2.27.